The smallest absolute Gasteiger partial charge is 0.205 e. The third-order valence-corrected chi connectivity index (χ3v) is 5.36. The van der Waals surface area contributed by atoms with Gasteiger partial charge in [0.1, 0.15) is 15.6 Å². The van der Waals surface area contributed by atoms with E-state index in [9.17, 15) is 4.79 Å². The predicted octanol–water partition coefficient (Wildman–Crippen LogP) is 5.72. The first kappa shape index (κ1) is 17.2. The van der Waals surface area contributed by atoms with Crippen molar-refractivity contribution in [3.8, 4) is 27.6 Å². The molecular formula is C23H17NO2S. The average Bonchev–Trinajstić information content (AvgIpc) is 3.20. The highest BCUT2D eigenvalue weighted by Crippen LogP contribution is 2.35. The number of ether oxygens (including phenoxy) is 1. The topological polar surface area (TPSA) is 39.2 Å². The van der Waals surface area contributed by atoms with Gasteiger partial charge in [0, 0.05) is 16.7 Å². The highest BCUT2D eigenvalue weighted by molar-refractivity contribution is 7.17. The predicted molar refractivity (Wildman–Crippen MR) is 109 cm³/mol. The number of hydrogen-bond donors (Lipinski definition) is 0. The van der Waals surface area contributed by atoms with Crippen LogP contribution in [0.3, 0.4) is 0 Å². The summed E-state index contributed by atoms with van der Waals surface area (Å²) in [7, 11) is 1.61. The summed E-state index contributed by atoms with van der Waals surface area (Å²) in [5.41, 5.74) is 3.29. The molecule has 3 nitrogen and oxygen atoms in total. The largest absolute Gasteiger partial charge is 0.497 e. The van der Waals surface area contributed by atoms with Crippen LogP contribution in [0.5, 0.6) is 5.75 Å². The SMILES string of the molecule is COc1ccc(C(=O)c2sc(-c3ccccc3)nc2-c2ccccc2)cc1. The molecule has 1 heterocycles. The number of hydrogen-bond acceptors (Lipinski definition) is 4. The van der Waals surface area contributed by atoms with Crippen molar-refractivity contribution in [1.29, 1.82) is 0 Å². The molecule has 4 rings (SSSR count). The Kier molecular flexibility index (Phi) is 4.81. The van der Waals surface area contributed by atoms with Gasteiger partial charge in [0.15, 0.2) is 0 Å². The van der Waals surface area contributed by atoms with Gasteiger partial charge in [-0.15, -0.1) is 11.3 Å². The Morgan fingerprint density at radius 1 is 0.815 bits per heavy atom. The normalized spacial score (nSPS) is 10.6. The standard InChI is InChI=1S/C23H17NO2S/c1-26-19-14-12-17(13-15-19)21(25)22-20(16-8-4-2-5-9-16)24-23(27-22)18-10-6-3-7-11-18/h2-15H,1H3. The number of thiazole rings is 1. The van der Waals surface area contributed by atoms with Crippen LogP contribution in [0, 0.1) is 0 Å². The minimum Gasteiger partial charge on any atom is -0.497 e. The maximum absolute atomic E-state index is 13.2. The quantitative estimate of drug-likeness (QED) is 0.421. The van der Waals surface area contributed by atoms with Crippen molar-refractivity contribution < 1.29 is 9.53 Å². The highest BCUT2D eigenvalue weighted by atomic mass is 32.1. The molecule has 0 amide bonds. The zero-order chi connectivity index (χ0) is 18.6. The first-order chi connectivity index (χ1) is 13.3. The Morgan fingerprint density at radius 3 is 2.00 bits per heavy atom. The van der Waals surface area contributed by atoms with E-state index in [2.05, 4.69) is 0 Å². The molecule has 0 unspecified atom stereocenters. The van der Waals surface area contributed by atoms with Crippen molar-refractivity contribution in [2.24, 2.45) is 0 Å². The van der Waals surface area contributed by atoms with E-state index in [4.69, 9.17) is 9.72 Å². The number of methoxy groups -OCH3 is 1. The lowest BCUT2D eigenvalue weighted by Crippen LogP contribution is -2.01. The van der Waals surface area contributed by atoms with Gasteiger partial charge in [-0.3, -0.25) is 4.79 Å². The van der Waals surface area contributed by atoms with E-state index in [1.54, 1.807) is 31.4 Å². The van der Waals surface area contributed by atoms with Gasteiger partial charge in [-0.25, -0.2) is 4.98 Å². The van der Waals surface area contributed by atoms with Crippen molar-refractivity contribution in [2.45, 2.75) is 0 Å². The van der Waals surface area contributed by atoms with Gasteiger partial charge in [-0.05, 0) is 24.3 Å². The molecule has 3 aromatic carbocycles. The molecule has 0 N–H and O–H groups in total. The third kappa shape index (κ3) is 3.52. The van der Waals surface area contributed by atoms with Gasteiger partial charge in [-0.1, -0.05) is 60.7 Å². The van der Waals surface area contributed by atoms with Crippen LogP contribution >= 0.6 is 11.3 Å². The van der Waals surface area contributed by atoms with Gasteiger partial charge in [0.05, 0.1) is 12.8 Å². The van der Waals surface area contributed by atoms with Gasteiger partial charge >= 0.3 is 0 Å². The Bertz CT molecular complexity index is 1050. The van der Waals surface area contributed by atoms with Crippen molar-refractivity contribution >= 4 is 17.1 Å². The van der Waals surface area contributed by atoms with Gasteiger partial charge in [0.2, 0.25) is 5.78 Å². The molecule has 0 radical (unpaired) electrons. The maximum atomic E-state index is 13.2. The monoisotopic (exact) mass is 371 g/mol. The first-order valence-corrected chi connectivity index (χ1v) is 9.38. The summed E-state index contributed by atoms with van der Waals surface area (Å²) in [6.45, 7) is 0. The molecule has 0 aliphatic carbocycles. The summed E-state index contributed by atoms with van der Waals surface area (Å²) in [6.07, 6.45) is 0. The van der Waals surface area contributed by atoms with Gasteiger partial charge in [0.25, 0.3) is 0 Å². The Hall–Kier alpha value is -3.24. The summed E-state index contributed by atoms with van der Waals surface area (Å²) < 4.78 is 5.19. The fourth-order valence-corrected chi connectivity index (χ4v) is 3.90. The molecule has 0 aliphatic heterocycles. The molecule has 0 aliphatic rings. The summed E-state index contributed by atoms with van der Waals surface area (Å²) >= 11 is 1.43. The highest BCUT2D eigenvalue weighted by Gasteiger charge is 2.21. The molecule has 0 atom stereocenters. The first-order valence-electron chi connectivity index (χ1n) is 8.56. The Balaban J connectivity index is 1.82. The molecule has 0 fully saturated rings. The van der Waals surface area contributed by atoms with Crippen LogP contribution in [0.15, 0.2) is 84.9 Å². The molecule has 4 aromatic rings. The average molecular weight is 371 g/mol. The van der Waals surface area contributed by atoms with Gasteiger partial charge < -0.3 is 4.74 Å². The second-order valence-electron chi connectivity index (χ2n) is 5.99. The zero-order valence-electron chi connectivity index (χ0n) is 14.8. The van der Waals surface area contributed by atoms with Crippen LogP contribution in [0.25, 0.3) is 21.8 Å². The number of carbonyl (C=O) groups is 1. The number of benzene rings is 3. The molecule has 1 aromatic heterocycles. The minimum absolute atomic E-state index is 0.0313. The summed E-state index contributed by atoms with van der Waals surface area (Å²) in [5, 5.41) is 0.839. The lowest BCUT2D eigenvalue weighted by molar-refractivity contribution is 0.104. The van der Waals surface area contributed by atoms with Crippen LogP contribution in [0.1, 0.15) is 15.2 Å². The maximum Gasteiger partial charge on any atom is 0.205 e. The van der Waals surface area contributed by atoms with Crippen LogP contribution in [-0.2, 0) is 0 Å². The second kappa shape index (κ2) is 7.56. The third-order valence-electron chi connectivity index (χ3n) is 4.25. The number of aromatic nitrogens is 1. The molecule has 0 saturated heterocycles. The molecule has 0 saturated carbocycles. The zero-order valence-corrected chi connectivity index (χ0v) is 15.6. The molecule has 0 spiro atoms. The number of carbonyl (C=O) groups excluding carboxylic acids is 1. The fraction of sp³-hybridized carbons (Fsp3) is 0.0435. The van der Waals surface area contributed by atoms with E-state index < -0.39 is 0 Å². The van der Waals surface area contributed by atoms with E-state index in [0.717, 1.165) is 27.6 Å². The van der Waals surface area contributed by atoms with E-state index in [1.807, 2.05) is 60.7 Å². The number of rotatable bonds is 5. The van der Waals surface area contributed by atoms with E-state index in [1.165, 1.54) is 11.3 Å². The van der Waals surface area contributed by atoms with Crippen molar-refractivity contribution in [3.63, 3.8) is 0 Å². The van der Waals surface area contributed by atoms with Crippen LogP contribution in [-0.4, -0.2) is 17.9 Å². The number of ketones is 1. The second-order valence-corrected chi connectivity index (χ2v) is 6.99. The summed E-state index contributed by atoms with van der Waals surface area (Å²) in [5.74, 6) is 0.695. The lowest BCUT2D eigenvalue weighted by Gasteiger charge is -2.04. The molecule has 132 valence electrons. The van der Waals surface area contributed by atoms with E-state index in [0.29, 0.717) is 10.4 Å². The summed E-state index contributed by atoms with van der Waals surface area (Å²) in [6, 6.07) is 27.0. The lowest BCUT2D eigenvalue weighted by atomic mass is 10.0. The van der Waals surface area contributed by atoms with Crippen molar-refractivity contribution in [3.05, 3.63) is 95.4 Å². The minimum atomic E-state index is -0.0313. The van der Waals surface area contributed by atoms with E-state index in [-0.39, 0.29) is 5.78 Å². The van der Waals surface area contributed by atoms with E-state index >= 15 is 0 Å². The van der Waals surface area contributed by atoms with Gasteiger partial charge in [-0.2, -0.15) is 0 Å². The van der Waals surface area contributed by atoms with Crippen LogP contribution in [0.4, 0.5) is 0 Å². The summed E-state index contributed by atoms with van der Waals surface area (Å²) in [4.78, 5) is 18.7. The Labute approximate surface area is 161 Å². The van der Waals surface area contributed by atoms with Crippen LogP contribution < -0.4 is 4.74 Å². The van der Waals surface area contributed by atoms with Crippen LogP contribution in [0.2, 0.25) is 0 Å². The molecular weight excluding hydrogens is 354 g/mol. The molecule has 27 heavy (non-hydrogen) atoms. The van der Waals surface area contributed by atoms with Crippen molar-refractivity contribution in [2.75, 3.05) is 7.11 Å². The fourth-order valence-electron chi connectivity index (χ4n) is 2.84. The molecule has 4 heteroatoms. The van der Waals surface area contributed by atoms with Crippen molar-refractivity contribution in [1.82, 2.24) is 4.98 Å². The Morgan fingerprint density at radius 2 is 1.41 bits per heavy atom. The number of nitrogens with zero attached hydrogens (tertiary/aromatic N) is 1. The molecule has 0 bridgehead atoms.